The molecule has 0 saturated carbocycles. The number of aryl methyl sites for hydroxylation is 1. The molecule has 1 unspecified atom stereocenters. The highest BCUT2D eigenvalue weighted by Gasteiger charge is 2.30. The van der Waals surface area contributed by atoms with E-state index < -0.39 is 17.9 Å². The van der Waals surface area contributed by atoms with Gasteiger partial charge in [0.2, 0.25) is 5.91 Å². The van der Waals surface area contributed by atoms with Crippen LogP contribution in [0.5, 0.6) is 5.75 Å². The van der Waals surface area contributed by atoms with Crippen molar-refractivity contribution in [2.45, 2.75) is 33.4 Å². The highest BCUT2D eigenvalue weighted by molar-refractivity contribution is 6.35. The maximum absolute atomic E-state index is 12.6. The minimum Gasteiger partial charge on any atom is -0.487 e. The molecule has 29 heavy (non-hydrogen) atoms. The monoisotopic (exact) mass is 457 g/mol. The van der Waals surface area contributed by atoms with Crippen LogP contribution in [0.3, 0.4) is 0 Å². The highest BCUT2D eigenvalue weighted by Crippen LogP contribution is 2.32. The summed E-state index contributed by atoms with van der Waals surface area (Å²) in [5.41, 5.74) is 3.06. The van der Waals surface area contributed by atoms with E-state index in [9.17, 15) is 9.59 Å². The van der Waals surface area contributed by atoms with Crippen molar-refractivity contribution in [3.63, 3.8) is 0 Å². The number of alkyl halides is 1. The first-order valence-electron chi connectivity index (χ1n) is 8.84. The zero-order chi connectivity index (χ0) is 21.7. The van der Waals surface area contributed by atoms with E-state index in [4.69, 9.17) is 44.3 Å². The second kappa shape index (κ2) is 10.2. The smallest absolute Gasteiger partial charge is 0.328 e. The van der Waals surface area contributed by atoms with Crippen LogP contribution >= 0.6 is 34.8 Å². The van der Waals surface area contributed by atoms with Crippen molar-refractivity contribution in [3.8, 4) is 5.75 Å². The summed E-state index contributed by atoms with van der Waals surface area (Å²) >= 11 is 17.9. The molecule has 0 aromatic heterocycles. The Bertz CT molecular complexity index is 917. The lowest BCUT2D eigenvalue weighted by atomic mass is 10.0. The van der Waals surface area contributed by atoms with Gasteiger partial charge in [-0.15, -0.1) is 11.6 Å². The molecule has 0 saturated heterocycles. The normalized spacial score (nSPS) is 11.7. The quantitative estimate of drug-likeness (QED) is 0.416. The van der Waals surface area contributed by atoms with Gasteiger partial charge in [0, 0.05) is 5.02 Å². The maximum atomic E-state index is 12.6. The van der Waals surface area contributed by atoms with E-state index in [0.29, 0.717) is 21.5 Å². The summed E-state index contributed by atoms with van der Waals surface area (Å²) in [6.07, 6.45) is 0. The van der Waals surface area contributed by atoms with Crippen LogP contribution < -0.4 is 9.64 Å². The van der Waals surface area contributed by atoms with E-state index in [0.717, 1.165) is 16.7 Å². The van der Waals surface area contributed by atoms with Crippen molar-refractivity contribution in [3.05, 3.63) is 57.1 Å². The number of benzene rings is 2. The third kappa shape index (κ3) is 5.35. The molecule has 156 valence electrons. The molecule has 0 N–H and O–H groups in total. The molecule has 0 fully saturated rings. The number of anilines is 1. The highest BCUT2D eigenvalue weighted by atomic mass is 35.5. The number of carbonyl (C=O) groups excluding carboxylic acids is 2. The Morgan fingerprint density at radius 3 is 2.41 bits per heavy atom. The summed E-state index contributed by atoms with van der Waals surface area (Å²) in [4.78, 5) is 26.1. The van der Waals surface area contributed by atoms with E-state index in [1.807, 2.05) is 26.0 Å². The zero-order valence-corrected chi connectivity index (χ0v) is 18.9. The molecule has 0 bridgehead atoms. The van der Waals surface area contributed by atoms with Crippen molar-refractivity contribution in [1.29, 1.82) is 0 Å². The number of amides is 1. The molecule has 0 aliphatic heterocycles. The summed E-state index contributed by atoms with van der Waals surface area (Å²) in [7, 11) is 1.28. The Labute approximate surface area is 185 Å². The summed E-state index contributed by atoms with van der Waals surface area (Å²) in [6.45, 7) is 5.55. The minimum atomic E-state index is -0.828. The Hall–Kier alpha value is -1.95. The van der Waals surface area contributed by atoms with E-state index in [1.54, 1.807) is 25.1 Å². The number of nitrogens with zero attached hydrogens (tertiary/aromatic N) is 1. The molecule has 0 heterocycles. The second-order valence-corrected chi connectivity index (χ2v) is 7.59. The lowest BCUT2D eigenvalue weighted by Crippen LogP contribution is -2.45. The summed E-state index contributed by atoms with van der Waals surface area (Å²) in [5, 5.41) is 0.920. The number of hydrogen-bond acceptors (Lipinski definition) is 4. The molecule has 5 nitrogen and oxygen atoms in total. The Balaban J connectivity index is 2.42. The van der Waals surface area contributed by atoms with E-state index >= 15 is 0 Å². The fourth-order valence-electron chi connectivity index (χ4n) is 3.03. The van der Waals surface area contributed by atoms with Crippen LogP contribution in [0.4, 0.5) is 5.69 Å². The Morgan fingerprint density at radius 2 is 1.83 bits per heavy atom. The predicted octanol–water partition coefficient (Wildman–Crippen LogP) is 5.32. The van der Waals surface area contributed by atoms with Crippen molar-refractivity contribution in [2.75, 3.05) is 17.9 Å². The average Bonchev–Trinajstić information content (AvgIpc) is 2.70. The predicted molar refractivity (Wildman–Crippen MR) is 116 cm³/mol. The number of halogens is 3. The van der Waals surface area contributed by atoms with Crippen LogP contribution in [-0.2, 0) is 20.9 Å². The van der Waals surface area contributed by atoms with Gasteiger partial charge in [-0.1, -0.05) is 35.3 Å². The molecule has 2 rings (SSSR count). The average molecular weight is 459 g/mol. The maximum Gasteiger partial charge on any atom is 0.328 e. The van der Waals surface area contributed by atoms with Gasteiger partial charge in [0.05, 0.1) is 17.8 Å². The van der Waals surface area contributed by atoms with Gasteiger partial charge < -0.3 is 9.47 Å². The van der Waals surface area contributed by atoms with E-state index in [2.05, 4.69) is 0 Å². The lowest BCUT2D eigenvalue weighted by molar-refractivity contribution is -0.142. The number of carbonyl (C=O) groups is 2. The lowest BCUT2D eigenvalue weighted by Gasteiger charge is -2.30. The summed E-state index contributed by atoms with van der Waals surface area (Å²) < 4.78 is 10.7. The van der Waals surface area contributed by atoms with Crippen molar-refractivity contribution < 1.29 is 19.1 Å². The first-order chi connectivity index (χ1) is 13.7. The SMILES string of the molecule is COC(=O)C(C)N(C(=O)CCl)c1c(C)ccc(COc2ccc(Cl)cc2Cl)c1C. The van der Waals surface area contributed by atoms with Crippen LogP contribution in [0.25, 0.3) is 0 Å². The minimum absolute atomic E-state index is 0.218. The third-order valence-electron chi connectivity index (χ3n) is 4.58. The zero-order valence-electron chi connectivity index (χ0n) is 16.6. The molecule has 1 amide bonds. The fraction of sp³-hybridized carbons (Fsp3) is 0.333. The van der Waals surface area contributed by atoms with Gasteiger partial charge in [-0.05, 0) is 55.7 Å². The number of ether oxygens (including phenoxy) is 2. The van der Waals surface area contributed by atoms with Crippen LogP contribution in [0, 0.1) is 13.8 Å². The number of rotatable bonds is 7. The molecule has 2 aromatic rings. The summed E-state index contributed by atoms with van der Waals surface area (Å²) in [5.74, 6) is -0.693. The van der Waals surface area contributed by atoms with Crippen molar-refractivity contribution in [1.82, 2.24) is 0 Å². The van der Waals surface area contributed by atoms with Gasteiger partial charge >= 0.3 is 5.97 Å². The van der Waals surface area contributed by atoms with Crippen LogP contribution in [0.1, 0.15) is 23.6 Å². The van der Waals surface area contributed by atoms with Crippen molar-refractivity contribution >= 4 is 52.4 Å². The van der Waals surface area contributed by atoms with E-state index in [-0.39, 0.29) is 12.5 Å². The third-order valence-corrected chi connectivity index (χ3v) is 5.33. The number of esters is 1. The van der Waals surface area contributed by atoms with Crippen LogP contribution in [-0.4, -0.2) is 30.9 Å². The summed E-state index contributed by atoms with van der Waals surface area (Å²) in [6, 6.07) is 7.93. The first kappa shape index (κ1) is 23.3. The van der Waals surface area contributed by atoms with Gasteiger partial charge in [-0.25, -0.2) is 4.79 Å². The van der Waals surface area contributed by atoms with Crippen LogP contribution in [0.2, 0.25) is 10.0 Å². The fourth-order valence-corrected chi connectivity index (χ4v) is 3.62. The topological polar surface area (TPSA) is 55.8 Å². The van der Waals surface area contributed by atoms with Gasteiger partial charge in [0.1, 0.15) is 24.3 Å². The van der Waals surface area contributed by atoms with Gasteiger partial charge in [-0.2, -0.15) is 0 Å². The number of hydrogen-bond donors (Lipinski definition) is 0. The molecule has 0 aliphatic rings. The standard InChI is InChI=1S/C21H22Cl3NO4/c1-12-5-6-15(11-29-18-8-7-16(23)9-17(18)24)13(2)20(12)25(19(26)10-22)14(3)21(27)28-4/h5-9,14H,10-11H2,1-4H3. The van der Waals surface area contributed by atoms with Gasteiger partial charge in [0.15, 0.2) is 0 Å². The molecule has 8 heteroatoms. The second-order valence-electron chi connectivity index (χ2n) is 6.48. The molecule has 2 aromatic carbocycles. The molecule has 0 spiro atoms. The van der Waals surface area contributed by atoms with E-state index in [1.165, 1.54) is 12.0 Å². The molecular weight excluding hydrogens is 437 g/mol. The first-order valence-corrected chi connectivity index (χ1v) is 10.1. The largest absolute Gasteiger partial charge is 0.487 e. The van der Waals surface area contributed by atoms with Gasteiger partial charge in [-0.3, -0.25) is 9.69 Å². The van der Waals surface area contributed by atoms with Gasteiger partial charge in [0.25, 0.3) is 0 Å². The molecular formula is C21H22Cl3NO4. The Kier molecular flexibility index (Phi) is 8.20. The molecule has 0 aliphatic carbocycles. The number of methoxy groups -OCH3 is 1. The molecule has 0 radical (unpaired) electrons. The van der Waals surface area contributed by atoms with Crippen LogP contribution in [0.15, 0.2) is 30.3 Å². The van der Waals surface area contributed by atoms with Crippen molar-refractivity contribution in [2.24, 2.45) is 0 Å². The Morgan fingerprint density at radius 1 is 1.14 bits per heavy atom. The molecule has 1 atom stereocenters.